The van der Waals surface area contributed by atoms with Crippen molar-refractivity contribution in [2.45, 2.75) is 59.0 Å². The van der Waals surface area contributed by atoms with Gasteiger partial charge in [-0.25, -0.2) is 4.79 Å². The third-order valence-electron chi connectivity index (χ3n) is 5.11. The van der Waals surface area contributed by atoms with Crippen LogP contribution in [0.4, 0.5) is 0 Å². The second-order valence-corrected chi connectivity index (χ2v) is 6.91. The molecule has 2 aromatic rings. The maximum absolute atomic E-state index is 11.5. The van der Waals surface area contributed by atoms with Gasteiger partial charge in [0, 0.05) is 12.3 Å². The van der Waals surface area contributed by atoms with Crippen LogP contribution in [0.3, 0.4) is 0 Å². The van der Waals surface area contributed by atoms with Crippen molar-refractivity contribution in [2.24, 2.45) is 0 Å². The molecule has 3 heterocycles. The average molecular weight is 396 g/mol. The van der Waals surface area contributed by atoms with Crippen LogP contribution in [0.25, 0.3) is 6.08 Å². The molecule has 1 aliphatic heterocycles. The first-order valence-electron chi connectivity index (χ1n) is 10.6. The predicted molar refractivity (Wildman–Crippen MR) is 117 cm³/mol. The number of ether oxygens (including phenoxy) is 1. The van der Waals surface area contributed by atoms with E-state index in [1.807, 2.05) is 38.2 Å². The predicted octanol–water partition coefficient (Wildman–Crippen LogP) is 5.29. The highest BCUT2D eigenvalue weighted by Gasteiger charge is 2.31. The summed E-state index contributed by atoms with van der Waals surface area (Å²) in [5, 5.41) is 0. The molecule has 5 nitrogen and oxygen atoms in total. The number of pyridine rings is 2. The zero-order valence-corrected chi connectivity index (χ0v) is 18.3. The van der Waals surface area contributed by atoms with Crippen LogP contribution < -0.4 is 0 Å². The Bertz CT molecular complexity index is 819. The Labute approximate surface area is 174 Å². The summed E-state index contributed by atoms with van der Waals surface area (Å²) in [6, 6.07) is 10.6. The minimum Gasteiger partial charge on any atom is -0.463 e. The van der Waals surface area contributed by atoms with Crippen LogP contribution in [0, 0.1) is 6.92 Å². The van der Waals surface area contributed by atoms with Crippen molar-refractivity contribution in [1.29, 1.82) is 0 Å². The smallest absolute Gasteiger partial charge is 0.330 e. The molecule has 5 heteroatoms. The number of carbonyl (C=O) groups is 1. The molecule has 29 heavy (non-hydrogen) atoms. The summed E-state index contributed by atoms with van der Waals surface area (Å²) in [7, 11) is 2.16. The van der Waals surface area contributed by atoms with E-state index in [0.29, 0.717) is 12.6 Å². The highest BCUT2D eigenvalue weighted by Crippen LogP contribution is 2.39. The topological polar surface area (TPSA) is 55.3 Å². The van der Waals surface area contributed by atoms with Gasteiger partial charge in [-0.2, -0.15) is 0 Å². The molecule has 0 radical (unpaired) electrons. The Kier molecular flexibility index (Phi) is 9.00. The fraction of sp³-hybridized carbons (Fsp3) is 0.458. The van der Waals surface area contributed by atoms with E-state index in [2.05, 4.69) is 36.0 Å². The number of piperidine rings is 1. The van der Waals surface area contributed by atoms with Gasteiger partial charge in [0.25, 0.3) is 0 Å². The van der Waals surface area contributed by atoms with E-state index in [1.165, 1.54) is 11.6 Å². The molecule has 2 atom stereocenters. The van der Waals surface area contributed by atoms with Crippen LogP contribution in [0.1, 0.15) is 74.8 Å². The molecular weight excluding hydrogens is 362 g/mol. The summed E-state index contributed by atoms with van der Waals surface area (Å²) >= 11 is 0. The van der Waals surface area contributed by atoms with Gasteiger partial charge in [0.2, 0.25) is 0 Å². The van der Waals surface area contributed by atoms with Crippen molar-refractivity contribution < 1.29 is 9.53 Å². The first kappa shape index (κ1) is 22.8. The molecule has 156 valence electrons. The molecule has 0 aromatic carbocycles. The second-order valence-electron chi connectivity index (χ2n) is 6.91. The van der Waals surface area contributed by atoms with Crippen LogP contribution in [-0.2, 0) is 9.53 Å². The Hall–Kier alpha value is -2.53. The molecule has 1 saturated heterocycles. The Morgan fingerprint density at radius 2 is 1.97 bits per heavy atom. The molecule has 1 fully saturated rings. The number of hydrogen-bond acceptors (Lipinski definition) is 5. The first-order valence-corrected chi connectivity index (χ1v) is 10.6. The summed E-state index contributed by atoms with van der Waals surface area (Å²) in [6.45, 7) is 8.29. The summed E-state index contributed by atoms with van der Waals surface area (Å²) in [4.78, 5) is 23.3. The summed E-state index contributed by atoms with van der Waals surface area (Å²) in [5.41, 5.74) is 4.18. The molecule has 3 rings (SSSR count). The third kappa shape index (κ3) is 5.97. The summed E-state index contributed by atoms with van der Waals surface area (Å²) < 4.78 is 4.93. The number of rotatable bonds is 5. The second kappa shape index (κ2) is 11.5. The molecule has 0 bridgehead atoms. The molecule has 1 unspecified atom stereocenters. The van der Waals surface area contributed by atoms with E-state index in [0.717, 1.165) is 36.3 Å². The van der Waals surface area contributed by atoms with E-state index in [9.17, 15) is 4.79 Å². The lowest BCUT2D eigenvalue weighted by molar-refractivity contribution is -0.137. The van der Waals surface area contributed by atoms with Gasteiger partial charge in [-0.1, -0.05) is 26.0 Å². The monoisotopic (exact) mass is 395 g/mol. The molecule has 0 spiro atoms. The van der Waals surface area contributed by atoms with Gasteiger partial charge in [0.05, 0.1) is 35.8 Å². The van der Waals surface area contributed by atoms with Gasteiger partial charge < -0.3 is 4.74 Å². The van der Waals surface area contributed by atoms with Gasteiger partial charge in [0.1, 0.15) is 0 Å². The van der Waals surface area contributed by atoms with Crippen molar-refractivity contribution in [3.8, 4) is 0 Å². The number of likely N-dealkylation sites (tertiary alicyclic amines) is 1. The van der Waals surface area contributed by atoms with Crippen LogP contribution in [-0.4, -0.2) is 34.5 Å². The normalized spacial score (nSPS) is 19.5. The zero-order valence-electron chi connectivity index (χ0n) is 18.3. The number of aromatic nitrogens is 2. The maximum atomic E-state index is 11.5. The highest BCUT2D eigenvalue weighted by atomic mass is 16.5. The first-order chi connectivity index (χ1) is 14.1. The number of esters is 1. The number of aryl methyl sites for hydroxylation is 1. The Morgan fingerprint density at radius 3 is 2.69 bits per heavy atom. The minimum absolute atomic E-state index is 0.237. The van der Waals surface area contributed by atoms with E-state index < -0.39 is 0 Å². The Morgan fingerprint density at radius 1 is 1.21 bits per heavy atom. The molecule has 0 saturated carbocycles. The van der Waals surface area contributed by atoms with Gasteiger partial charge in [-0.15, -0.1) is 0 Å². The van der Waals surface area contributed by atoms with E-state index in [4.69, 9.17) is 9.72 Å². The molecule has 1 aliphatic rings. The van der Waals surface area contributed by atoms with Crippen LogP contribution >= 0.6 is 0 Å². The quantitative estimate of drug-likeness (QED) is 0.509. The van der Waals surface area contributed by atoms with Crippen LogP contribution in [0.5, 0.6) is 0 Å². The minimum atomic E-state index is -0.342. The largest absolute Gasteiger partial charge is 0.463 e. The van der Waals surface area contributed by atoms with Gasteiger partial charge in [0.15, 0.2) is 0 Å². The lowest BCUT2D eigenvalue weighted by Gasteiger charge is -2.39. The van der Waals surface area contributed by atoms with Crippen LogP contribution in [0.15, 0.2) is 42.6 Å². The van der Waals surface area contributed by atoms with Crippen molar-refractivity contribution in [1.82, 2.24) is 14.9 Å². The average Bonchev–Trinajstić information content (AvgIpc) is 2.75. The zero-order chi connectivity index (χ0) is 21.2. The number of hydrogen-bond donors (Lipinski definition) is 0. The highest BCUT2D eigenvalue weighted by molar-refractivity contribution is 5.86. The van der Waals surface area contributed by atoms with Gasteiger partial charge in [-0.05, 0) is 70.0 Å². The molecule has 0 aliphatic carbocycles. The fourth-order valence-corrected chi connectivity index (χ4v) is 3.75. The Balaban J connectivity index is 0.00000145. The number of carbonyl (C=O) groups excluding carboxylic acids is 1. The SMILES string of the molecule is CC.CCOC(=O)/C=C/c1cccc(C2CCC[C@@H](c3ncccc3C)N2C)n1. The lowest BCUT2D eigenvalue weighted by atomic mass is 9.90. The molecule has 0 N–H and O–H groups in total. The standard InChI is InChI=1S/C22H27N3O2.C2H6/c1-4-27-21(26)14-13-17-9-5-10-18(24-17)19-11-6-12-20(25(19)3)22-16(2)8-7-15-23-22;1-2/h5,7-10,13-15,19-20H,4,6,11-12H2,1-3H3;1-2H3/b14-13+;/t19?,20-;/m0./s1. The van der Waals surface area contributed by atoms with Crippen molar-refractivity contribution >= 4 is 12.0 Å². The van der Waals surface area contributed by atoms with E-state index >= 15 is 0 Å². The molecule has 2 aromatic heterocycles. The number of nitrogens with zero attached hydrogens (tertiary/aromatic N) is 3. The van der Waals surface area contributed by atoms with E-state index in [-0.39, 0.29) is 12.0 Å². The lowest BCUT2D eigenvalue weighted by Crippen LogP contribution is -2.34. The van der Waals surface area contributed by atoms with Gasteiger partial charge in [-0.3, -0.25) is 14.9 Å². The molecule has 0 amide bonds. The van der Waals surface area contributed by atoms with Crippen molar-refractivity contribution in [2.75, 3.05) is 13.7 Å². The fourth-order valence-electron chi connectivity index (χ4n) is 3.75. The molecular formula is C24H33N3O2. The van der Waals surface area contributed by atoms with E-state index in [1.54, 1.807) is 13.0 Å². The van der Waals surface area contributed by atoms with Crippen LogP contribution in [0.2, 0.25) is 0 Å². The van der Waals surface area contributed by atoms with Crippen molar-refractivity contribution in [3.63, 3.8) is 0 Å². The summed E-state index contributed by atoms with van der Waals surface area (Å²) in [5.74, 6) is -0.342. The summed E-state index contributed by atoms with van der Waals surface area (Å²) in [6.07, 6.45) is 8.33. The third-order valence-corrected chi connectivity index (χ3v) is 5.11. The van der Waals surface area contributed by atoms with Gasteiger partial charge >= 0.3 is 5.97 Å². The maximum Gasteiger partial charge on any atom is 0.330 e. The van der Waals surface area contributed by atoms with Crippen molar-refractivity contribution in [3.05, 3.63) is 65.2 Å².